The van der Waals surface area contributed by atoms with Crippen molar-refractivity contribution >= 4 is 22.6 Å². The van der Waals surface area contributed by atoms with E-state index in [2.05, 4.69) is 16.4 Å². The van der Waals surface area contributed by atoms with E-state index in [1.54, 1.807) is 0 Å². The maximum absolute atomic E-state index is 14.1. The number of nitriles is 1. The molecule has 6 nitrogen and oxygen atoms in total. The van der Waals surface area contributed by atoms with Crippen LogP contribution in [0.5, 0.6) is 5.75 Å². The van der Waals surface area contributed by atoms with Crippen LogP contribution in [0.1, 0.15) is 26.3 Å². The molecule has 0 fully saturated rings. The predicted molar refractivity (Wildman–Crippen MR) is 134 cm³/mol. The molecule has 176 valence electrons. The lowest BCUT2D eigenvalue weighted by Gasteiger charge is -2.25. The lowest BCUT2D eigenvalue weighted by atomic mass is 9.96. The first-order valence-electron chi connectivity index (χ1n) is 11.1. The van der Waals surface area contributed by atoms with Gasteiger partial charge in [-0.1, -0.05) is 42.5 Å². The van der Waals surface area contributed by atoms with Gasteiger partial charge in [0.05, 0.1) is 23.5 Å². The summed E-state index contributed by atoms with van der Waals surface area (Å²) in [6.45, 7) is 5.43. The Hall–Kier alpha value is -4.44. The van der Waals surface area contributed by atoms with E-state index >= 15 is 0 Å². The molecule has 0 radical (unpaired) electrons. The molecule has 3 aromatic carbocycles. The Bertz CT molecular complexity index is 1460. The number of benzene rings is 3. The number of rotatable bonds is 7. The van der Waals surface area contributed by atoms with Gasteiger partial charge in [-0.15, -0.1) is 0 Å². The van der Waals surface area contributed by atoms with Crippen molar-refractivity contribution in [2.75, 3.05) is 11.9 Å². The Morgan fingerprint density at radius 2 is 1.80 bits per heavy atom. The van der Waals surface area contributed by atoms with Crippen molar-refractivity contribution in [3.63, 3.8) is 0 Å². The van der Waals surface area contributed by atoms with Gasteiger partial charge in [0.25, 0.3) is 0 Å². The van der Waals surface area contributed by atoms with Crippen molar-refractivity contribution in [3.05, 3.63) is 78.1 Å². The summed E-state index contributed by atoms with van der Waals surface area (Å²) in [7, 11) is 0. The molecule has 35 heavy (non-hydrogen) atoms. The minimum atomic E-state index is -1.41. The largest absolute Gasteiger partial charge is 0.493 e. The normalized spacial score (nSPS) is 11.2. The first-order valence-corrected chi connectivity index (χ1v) is 11.1. The molecule has 0 spiro atoms. The molecule has 0 aliphatic carbocycles. The van der Waals surface area contributed by atoms with Crippen molar-refractivity contribution in [3.8, 4) is 34.2 Å². The highest BCUT2D eigenvalue weighted by atomic mass is 19.1. The van der Waals surface area contributed by atoms with E-state index in [0.717, 1.165) is 16.9 Å². The van der Waals surface area contributed by atoms with Crippen molar-refractivity contribution in [2.45, 2.75) is 26.3 Å². The Balaban J connectivity index is 1.88. The van der Waals surface area contributed by atoms with Gasteiger partial charge >= 0.3 is 5.97 Å². The summed E-state index contributed by atoms with van der Waals surface area (Å²) in [4.78, 5) is 16.4. The molecule has 1 aromatic heterocycles. The summed E-state index contributed by atoms with van der Waals surface area (Å²) in [6, 6.07) is 21.5. The van der Waals surface area contributed by atoms with Gasteiger partial charge in [-0.3, -0.25) is 0 Å². The third kappa shape index (κ3) is 4.64. The molecular weight excluding hydrogens is 445 g/mol. The number of halogens is 1. The van der Waals surface area contributed by atoms with Gasteiger partial charge in [-0.25, -0.2) is 14.2 Å². The van der Waals surface area contributed by atoms with Gasteiger partial charge in [-0.05, 0) is 50.6 Å². The van der Waals surface area contributed by atoms with Crippen molar-refractivity contribution in [2.24, 2.45) is 0 Å². The third-order valence-corrected chi connectivity index (χ3v) is 5.69. The fourth-order valence-electron chi connectivity index (χ4n) is 3.84. The molecule has 0 saturated carbocycles. The standard InChI is InChI=1S/C28H24FN3O3/c1-4-35-24-8-6-5-7-20(24)17-9-11-18(12-10-17)25-22(16-30)26(32-28(2,3)27(33)34)21-15-19(29)13-14-23(21)31-25/h5-15H,4H2,1-3H3,(H,31,32)(H,33,34). The fourth-order valence-corrected chi connectivity index (χ4v) is 3.84. The molecule has 0 amide bonds. The summed E-state index contributed by atoms with van der Waals surface area (Å²) < 4.78 is 19.8. The maximum atomic E-state index is 14.1. The van der Waals surface area contributed by atoms with E-state index in [9.17, 15) is 19.6 Å². The number of carboxylic acids is 1. The number of hydrogen-bond acceptors (Lipinski definition) is 5. The smallest absolute Gasteiger partial charge is 0.328 e. The molecule has 4 rings (SSSR count). The summed E-state index contributed by atoms with van der Waals surface area (Å²) in [5.74, 6) is -0.847. The zero-order valence-corrected chi connectivity index (χ0v) is 19.6. The number of ether oxygens (including phenoxy) is 1. The number of nitrogens with zero attached hydrogens (tertiary/aromatic N) is 2. The van der Waals surface area contributed by atoms with Gasteiger partial charge in [0, 0.05) is 16.5 Å². The van der Waals surface area contributed by atoms with Crippen LogP contribution in [0.25, 0.3) is 33.3 Å². The Morgan fingerprint density at radius 3 is 2.46 bits per heavy atom. The van der Waals surface area contributed by atoms with Crippen LogP contribution < -0.4 is 10.1 Å². The highest BCUT2D eigenvalue weighted by Gasteiger charge is 2.30. The number of nitrogens with one attached hydrogen (secondary N) is 1. The van der Waals surface area contributed by atoms with Crippen LogP contribution in [0.4, 0.5) is 10.1 Å². The second kappa shape index (κ2) is 9.43. The van der Waals surface area contributed by atoms with Gasteiger partial charge in [0.2, 0.25) is 0 Å². The van der Waals surface area contributed by atoms with E-state index in [0.29, 0.717) is 28.8 Å². The lowest BCUT2D eigenvalue weighted by Crippen LogP contribution is -2.40. The van der Waals surface area contributed by atoms with Crippen LogP contribution in [0.15, 0.2) is 66.7 Å². The first-order chi connectivity index (χ1) is 16.7. The highest BCUT2D eigenvalue weighted by Crippen LogP contribution is 2.37. The second-order valence-corrected chi connectivity index (χ2v) is 8.55. The Morgan fingerprint density at radius 1 is 1.11 bits per heavy atom. The zero-order valence-electron chi connectivity index (χ0n) is 19.6. The molecule has 0 unspecified atom stereocenters. The Labute approximate surface area is 202 Å². The third-order valence-electron chi connectivity index (χ3n) is 5.69. The predicted octanol–water partition coefficient (Wildman–Crippen LogP) is 6.25. The van der Waals surface area contributed by atoms with Crippen molar-refractivity contribution in [1.82, 2.24) is 4.98 Å². The van der Waals surface area contributed by atoms with E-state index in [1.165, 1.54) is 32.0 Å². The molecule has 0 bridgehead atoms. The van der Waals surface area contributed by atoms with Gasteiger partial charge in [0.1, 0.15) is 28.7 Å². The quantitative estimate of drug-likeness (QED) is 0.332. The van der Waals surface area contributed by atoms with Crippen LogP contribution in [0.2, 0.25) is 0 Å². The number of pyridine rings is 1. The molecular formula is C28H24FN3O3. The van der Waals surface area contributed by atoms with Gasteiger partial charge in [0.15, 0.2) is 0 Å². The summed E-state index contributed by atoms with van der Waals surface area (Å²) in [5, 5.41) is 23.0. The number of fused-ring (bicyclic) bond motifs is 1. The highest BCUT2D eigenvalue weighted by molar-refractivity contribution is 6.00. The van der Waals surface area contributed by atoms with Crippen LogP contribution in [0, 0.1) is 17.1 Å². The molecule has 4 aromatic rings. The molecule has 7 heteroatoms. The molecule has 0 aliphatic heterocycles. The van der Waals surface area contributed by atoms with E-state index in [4.69, 9.17) is 4.74 Å². The van der Waals surface area contributed by atoms with Crippen LogP contribution in [0.3, 0.4) is 0 Å². The van der Waals surface area contributed by atoms with E-state index in [1.807, 2.05) is 55.5 Å². The average molecular weight is 470 g/mol. The maximum Gasteiger partial charge on any atom is 0.328 e. The van der Waals surface area contributed by atoms with Crippen molar-refractivity contribution in [1.29, 1.82) is 5.26 Å². The topological polar surface area (TPSA) is 95.2 Å². The SMILES string of the molecule is CCOc1ccccc1-c1ccc(-c2nc3ccc(F)cc3c(NC(C)(C)C(=O)O)c2C#N)cc1. The average Bonchev–Trinajstić information content (AvgIpc) is 2.84. The molecule has 1 heterocycles. The monoisotopic (exact) mass is 469 g/mol. The Kier molecular flexibility index (Phi) is 6.39. The molecule has 2 N–H and O–H groups in total. The van der Waals surface area contributed by atoms with Crippen LogP contribution >= 0.6 is 0 Å². The minimum Gasteiger partial charge on any atom is -0.493 e. The first kappa shape index (κ1) is 23.7. The number of para-hydroxylation sites is 1. The summed E-state index contributed by atoms with van der Waals surface area (Å²) in [6.07, 6.45) is 0. The van der Waals surface area contributed by atoms with Gasteiger partial charge in [-0.2, -0.15) is 5.26 Å². The molecule has 0 aliphatic rings. The van der Waals surface area contributed by atoms with Crippen LogP contribution in [-0.4, -0.2) is 28.2 Å². The number of aliphatic carboxylic acids is 1. The van der Waals surface area contributed by atoms with Crippen molar-refractivity contribution < 1.29 is 19.0 Å². The second-order valence-electron chi connectivity index (χ2n) is 8.55. The fraction of sp³-hybridized carbons (Fsp3) is 0.179. The number of anilines is 1. The number of aromatic nitrogens is 1. The summed E-state index contributed by atoms with van der Waals surface area (Å²) >= 11 is 0. The minimum absolute atomic E-state index is 0.139. The van der Waals surface area contributed by atoms with Crippen LogP contribution in [-0.2, 0) is 4.79 Å². The molecule has 0 atom stereocenters. The summed E-state index contributed by atoms with van der Waals surface area (Å²) in [5.41, 5.74) is 2.32. The number of carboxylic acid groups (broad SMARTS) is 1. The number of hydrogen-bond donors (Lipinski definition) is 2. The van der Waals surface area contributed by atoms with Gasteiger partial charge < -0.3 is 15.2 Å². The van der Waals surface area contributed by atoms with E-state index < -0.39 is 17.3 Å². The lowest BCUT2D eigenvalue weighted by molar-refractivity contribution is -0.141. The molecule has 0 saturated heterocycles. The van der Waals surface area contributed by atoms with E-state index in [-0.39, 0.29) is 11.3 Å². The number of carbonyl (C=O) groups is 1. The zero-order chi connectivity index (χ0) is 25.2.